The summed E-state index contributed by atoms with van der Waals surface area (Å²) in [4.78, 5) is 17.6. The summed E-state index contributed by atoms with van der Waals surface area (Å²) in [5, 5.41) is 9.28. The Morgan fingerprint density at radius 1 is 1.08 bits per heavy atom. The molecule has 2 unspecified atom stereocenters. The summed E-state index contributed by atoms with van der Waals surface area (Å²) in [6.07, 6.45) is 11.8. The molecule has 0 radical (unpaired) electrons. The Kier molecular flexibility index (Phi) is 6.42. The monoisotopic (exact) mass is 484 g/mol. The van der Waals surface area contributed by atoms with E-state index in [4.69, 9.17) is 9.97 Å². The van der Waals surface area contributed by atoms with E-state index in [1.54, 1.807) is 0 Å². The molecule has 1 aromatic carbocycles. The van der Waals surface area contributed by atoms with E-state index in [0.29, 0.717) is 5.95 Å². The van der Waals surface area contributed by atoms with E-state index >= 15 is 0 Å². The second kappa shape index (κ2) is 9.54. The highest BCUT2D eigenvalue weighted by molar-refractivity contribution is 6.02. The van der Waals surface area contributed by atoms with Crippen LogP contribution in [0.5, 0.6) is 0 Å². The summed E-state index contributed by atoms with van der Waals surface area (Å²) in [6.45, 7) is 0.993. The van der Waals surface area contributed by atoms with Crippen molar-refractivity contribution in [2.45, 2.75) is 18.0 Å². The molecule has 188 valence electrons. The van der Waals surface area contributed by atoms with Gasteiger partial charge in [0, 0.05) is 47.0 Å². The Morgan fingerprint density at radius 2 is 1.89 bits per heavy atom. The second-order valence-electron chi connectivity index (χ2n) is 10.1. The fourth-order valence-corrected chi connectivity index (χ4v) is 5.26. The number of aromatic amines is 1. The van der Waals surface area contributed by atoms with E-state index in [9.17, 15) is 0 Å². The van der Waals surface area contributed by atoms with Crippen LogP contribution in [-0.2, 0) is 7.05 Å². The predicted octanol–water partition coefficient (Wildman–Crippen LogP) is 3.82. The topological polar surface area (TPSA) is 77.0 Å². The van der Waals surface area contributed by atoms with E-state index in [0.717, 1.165) is 41.0 Å². The van der Waals surface area contributed by atoms with Gasteiger partial charge in [0.15, 0.2) is 0 Å². The molecule has 0 amide bonds. The maximum Gasteiger partial charge on any atom is 0.229 e. The Morgan fingerprint density at radius 3 is 2.64 bits per heavy atom. The van der Waals surface area contributed by atoms with Crippen molar-refractivity contribution in [1.29, 1.82) is 0 Å². The zero-order valence-corrected chi connectivity index (χ0v) is 22.0. The van der Waals surface area contributed by atoms with Crippen molar-refractivity contribution in [3.8, 4) is 11.3 Å². The standard InChI is InChI=1S/C28H36N8/c1-29-28(14-16-34(2)3)13-11-19(17-24(28)35(4)5)31-27-32-25(21-12-15-30-26(21)33-27)22-18-36(6)23-10-8-7-9-20(22)23/h7-13,15,17-18,24,29H,14,16H2,1-6H3,(H2,30,31,32,33). The number of fused-ring (bicyclic) bond motifs is 2. The molecule has 3 aromatic heterocycles. The first kappa shape index (κ1) is 24.2. The third-order valence-corrected chi connectivity index (χ3v) is 7.24. The number of aryl methyl sites for hydroxylation is 1. The lowest BCUT2D eigenvalue weighted by Gasteiger charge is -2.43. The number of hydrogen-bond acceptors (Lipinski definition) is 6. The molecule has 1 aliphatic rings. The van der Waals surface area contributed by atoms with Crippen LogP contribution in [-0.4, -0.2) is 82.7 Å². The zero-order valence-electron chi connectivity index (χ0n) is 22.0. The number of rotatable bonds is 8. The molecule has 0 aliphatic heterocycles. The van der Waals surface area contributed by atoms with Crippen molar-refractivity contribution in [3.05, 3.63) is 66.7 Å². The van der Waals surface area contributed by atoms with Crippen LogP contribution in [0, 0.1) is 0 Å². The van der Waals surface area contributed by atoms with E-state index in [-0.39, 0.29) is 11.6 Å². The fraction of sp³-hybridized carbons (Fsp3) is 0.357. The maximum absolute atomic E-state index is 5.02. The quantitative estimate of drug-likeness (QED) is 0.353. The molecule has 0 saturated heterocycles. The minimum absolute atomic E-state index is 0.155. The summed E-state index contributed by atoms with van der Waals surface area (Å²) in [5.74, 6) is 0.575. The number of benzene rings is 1. The van der Waals surface area contributed by atoms with Gasteiger partial charge in [0.25, 0.3) is 0 Å². The number of likely N-dealkylation sites (N-methyl/N-ethyl adjacent to an activating group) is 2. The minimum Gasteiger partial charge on any atom is -0.350 e. The fourth-order valence-electron chi connectivity index (χ4n) is 5.26. The number of nitrogens with zero attached hydrogens (tertiary/aromatic N) is 5. The molecular weight excluding hydrogens is 448 g/mol. The highest BCUT2D eigenvalue weighted by Crippen LogP contribution is 2.34. The van der Waals surface area contributed by atoms with Gasteiger partial charge in [-0.25, -0.2) is 4.98 Å². The molecular formula is C28H36N8. The average molecular weight is 485 g/mol. The molecule has 0 saturated carbocycles. The Hall–Kier alpha value is -3.46. The van der Waals surface area contributed by atoms with Gasteiger partial charge in [0.1, 0.15) is 5.65 Å². The lowest BCUT2D eigenvalue weighted by Crippen LogP contribution is -2.58. The van der Waals surface area contributed by atoms with Crippen LogP contribution >= 0.6 is 0 Å². The van der Waals surface area contributed by atoms with Crippen LogP contribution in [0.1, 0.15) is 6.42 Å². The van der Waals surface area contributed by atoms with Crippen LogP contribution in [0.25, 0.3) is 33.2 Å². The lowest BCUT2D eigenvalue weighted by atomic mass is 9.81. The lowest BCUT2D eigenvalue weighted by molar-refractivity contribution is 0.197. The van der Waals surface area contributed by atoms with Gasteiger partial charge in [0.2, 0.25) is 5.95 Å². The van der Waals surface area contributed by atoms with Gasteiger partial charge in [-0.3, -0.25) is 0 Å². The summed E-state index contributed by atoms with van der Waals surface area (Å²) in [6, 6.07) is 10.6. The van der Waals surface area contributed by atoms with Crippen molar-refractivity contribution in [2.75, 3.05) is 47.1 Å². The van der Waals surface area contributed by atoms with Gasteiger partial charge in [-0.2, -0.15) is 4.98 Å². The van der Waals surface area contributed by atoms with Crippen molar-refractivity contribution >= 4 is 27.9 Å². The normalized spacial score (nSPS) is 20.1. The number of aromatic nitrogens is 4. The largest absolute Gasteiger partial charge is 0.350 e. The van der Waals surface area contributed by atoms with Crippen molar-refractivity contribution in [3.63, 3.8) is 0 Å². The first-order valence-electron chi connectivity index (χ1n) is 12.4. The Labute approximate surface area is 212 Å². The summed E-state index contributed by atoms with van der Waals surface area (Å²) in [7, 11) is 12.6. The van der Waals surface area contributed by atoms with Crippen molar-refractivity contribution in [1.82, 2.24) is 34.6 Å². The highest BCUT2D eigenvalue weighted by Gasteiger charge is 2.37. The van der Waals surface area contributed by atoms with Crippen LogP contribution in [0.15, 0.2) is 66.7 Å². The predicted molar refractivity (Wildman–Crippen MR) is 149 cm³/mol. The Bertz CT molecular complexity index is 1440. The zero-order chi connectivity index (χ0) is 25.4. The van der Waals surface area contributed by atoms with Gasteiger partial charge in [-0.05, 0) is 72.5 Å². The molecule has 4 aromatic rings. The Balaban J connectivity index is 1.52. The molecule has 3 N–H and O–H groups in total. The number of anilines is 1. The number of para-hydroxylation sites is 1. The smallest absolute Gasteiger partial charge is 0.229 e. The molecule has 3 heterocycles. The van der Waals surface area contributed by atoms with E-state index in [1.165, 1.54) is 10.9 Å². The summed E-state index contributed by atoms with van der Waals surface area (Å²) in [5.41, 5.74) is 4.84. The van der Waals surface area contributed by atoms with Crippen LogP contribution < -0.4 is 10.6 Å². The van der Waals surface area contributed by atoms with Crippen LogP contribution in [0.2, 0.25) is 0 Å². The number of allylic oxidation sites excluding steroid dienone is 1. The third kappa shape index (κ3) is 4.32. The molecule has 36 heavy (non-hydrogen) atoms. The number of hydrogen-bond donors (Lipinski definition) is 3. The minimum atomic E-state index is -0.155. The maximum atomic E-state index is 5.02. The van der Waals surface area contributed by atoms with Crippen LogP contribution in [0.3, 0.4) is 0 Å². The van der Waals surface area contributed by atoms with Crippen molar-refractivity contribution < 1.29 is 0 Å². The molecule has 8 heteroatoms. The molecule has 2 atom stereocenters. The number of H-pyrrole nitrogens is 1. The highest BCUT2D eigenvalue weighted by atomic mass is 15.2. The molecule has 5 rings (SSSR count). The first-order chi connectivity index (χ1) is 17.3. The third-order valence-electron chi connectivity index (χ3n) is 7.24. The first-order valence-corrected chi connectivity index (χ1v) is 12.4. The second-order valence-corrected chi connectivity index (χ2v) is 10.1. The SMILES string of the molecule is CNC1(CCN(C)C)C=CC(Nc2nc(-c3cn(C)c4ccccc34)c3cc[nH]c3n2)=CC1N(C)C. The summed E-state index contributed by atoms with van der Waals surface area (Å²) < 4.78 is 2.15. The van der Waals surface area contributed by atoms with E-state index in [1.807, 2.05) is 19.3 Å². The van der Waals surface area contributed by atoms with Crippen molar-refractivity contribution in [2.24, 2.45) is 7.05 Å². The molecule has 8 nitrogen and oxygen atoms in total. The summed E-state index contributed by atoms with van der Waals surface area (Å²) >= 11 is 0. The average Bonchev–Trinajstić information content (AvgIpc) is 3.47. The molecule has 0 bridgehead atoms. The molecule has 1 aliphatic carbocycles. The van der Waals surface area contributed by atoms with Gasteiger partial charge < -0.3 is 30.0 Å². The van der Waals surface area contributed by atoms with E-state index < -0.39 is 0 Å². The molecule has 0 fully saturated rings. The molecule has 0 spiro atoms. The van der Waals surface area contributed by atoms with E-state index in [2.05, 4.69) is 114 Å². The van der Waals surface area contributed by atoms with Crippen LogP contribution in [0.4, 0.5) is 5.95 Å². The van der Waals surface area contributed by atoms with Gasteiger partial charge in [0.05, 0.1) is 17.3 Å². The van der Waals surface area contributed by atoms with Gasteiger partial charge >= 0.3 is 0 Å². The van der Waals surface area contributed by atoms with Gasteiger partial charge in [-0.1, -0.05) is 24.3 Å². The van der Waals surface area contributed by atoms with Gasteiger partial charge in [-0.15, -0.1) is 0 Å². The number of nitrogens with one attached hydrogen (secondary N) is 3.